The Kier molecular flexibility index (Phi) is 7.07. The van der Waals surface area contributed by atoms with Crippen LogP contribution in [0.2, 0.25) is 5.32 Å². The molecule has 1 aliphatic heterocycles. The zero-order valence-corrected chi connectivity index (χ0v) is 17.6. The summed E-state index contributed by atoms with van der Waals surface area (Å²) in [4.78, 5) is 25.4. The molecule has 0 aromatic heterocycles. The number of para-hydroxylation sites is 1. The first-order valence-electron chi connectivity index (χ1n) is 9.10. The molecule has 6 nitrogen and oxygen atoms in total. The van der Waals surface area contributed by atoms with Gasteiger partial charge < -0.3 is 0 Å². The van der Waals surface area contributed by atoms with Crippen molar-refractivity contribution in [3.8, 4) is 0 Å². The topological polar surface area (TPSA) is 72.7 Å². The van der Waals surface area contributed by atoms with Gasteiger partial charge in [-0.15, -0.1) is 0 Å². The predicted molar refractivity (Wildman–Crippen MR) is 103 cm³/mol. The van der Waals surface area contributed by atoms with E-state index in [2.05, 4.69) is 6.92 Å². The maximum atomic E-state index is 12.6. The van der Waals surface area contributed by atoms with Gasteiger partial charge in [-0.3, -0.25) is 0 Å². The quantitative estimate of drug-likeness (QED) is 0.392. The van der Waals surface area contributed by atoms with E-state index in [1.807, 2.05) is 37.8 Å². The van der Waals surface area contributed by atoms with Crippen LogP contribution in [0.3, 0.4) is 0 Å². The van der Waals surface area contributed by atoms with Gasteiger partial charge >= 0.3 is 161 Å². The number of amides is 1. The van der Waals surface area contributed by atoms with E-state index in [1.54, 1.807) is 12.1 Å². The fourth-order valence-electron chi connectivity index (χ4n) is 3.29. The number of rotatable bonds is 6. The van der Waals surface area contributed by atoms with Crippen LogP contribution in [-0.2, 0) is 4.74 Å². The number of nitro benzene ring substituents is 1. The number of carbonyl (C=O) groups is 1. The molecule has 144 valence electrons. The monoisotopic (exact) mass is 428 g/mol. The molecular formula is C19H28N2O4Se. The molecule has 1 unspecified atom stereocenters. The summed E-state index contributed by atoms with van der Waals surface area (Å²) in [6.45, 7) is 7.75. The van der Waals surface area contributed by atoms with Crippen LogP contribution in [0.1, 0.15) is 53.4 Å². The molecule has 2 atom stereocenters. The Morgan fingerprint density at radius 2 is 1.96 bits per heavy atom. The van der Waals surface area contributed by atoms with Crippen molar-refractivity contribution in [1.29, 1.82) is 0 Å². The van der Waals surface area contributed by atoms with Crippen molar-refractivity contribution in [1.82, 2.24) is 4.90 Å². The minimum atomic E-state index is -0.503. The molecule has 1 aromatic carbocycles. The second-order valence-corrected chi connectivity index (χ2v) is 9.93. The molecule has 0 bridgehead atoms. The SMILES string of the molecule is CC[C@@H]1CCC(CC[Se]c2ccccc2[N+](=O)[O-])N1C(=O)OC(C)(C)C. The van der Waals surface area contributed by atoms with E-state index in [9.17, 15) is 14.9 Å². The number of carbonyl (C=O) groups excluding carboxylic acids is 1. The molecule has 7 heteroatoms. The van der Waals surface area contributed by atoms with Gasteiger partial charge in [0.25, 0.3) is 0 Å². The van der Waals surface area contributed by atoms with E-state index in [0.29, 0.717) is 0 Å². The molecule has 0 spiro atoms. The van der Waals surface area contributed by atoms with Crippen LogP contribution in [0.15, 0.2) is 24.3 Å². The Labute approximate surface area is 161 Å². The molecular weight excluding hydrogens is 399 g/mol. The first kappa shape index (κ1) is 20.7. The van der Waals surface area contributed by atoms with Crippen molar-refractivity contribution in [2.45, 2.75) is 76.4 Å². The van der Waals surface area contributed by atoms with Crippen molar-refractivity contribution < 1.29 is 14.5 Å². The summed E-state index contributed by atoms with van der Waals surface area (Å²) in [7, 11) is 0. The Bertz CT molecular complexity index is 645. The van der Waals surface area contributed by atoms with Crippen LogP contribution < -0.4 is 4.46 Å². The van der Waals surface area contributed by atoms with E-state index in [4.69, 9.17) is 4.74 Å². The molecule has 0 aliphatic carbocycles. The third-order valence-corrected chi connectivity index (χ3v) is 6.77. The number of nitro groups is 1. The van der Waals surface area contributed by atoms with Crippen molar-refractivity contribution in [3.63, 3.8) is 0 Å². The normalized spacial score (nSPS) is 20.2. The van der Waals surface area contributed by atoms with Gasteiger partial charge in [0.2, 0.25) is 0 Å². The third-order valence-electron chi connectivity index (χ3n) is 4.47. The Morgan fingerprint density at radius 1 is 1.31 bits per heavy atom. The molecule has 1 fully saturated rings. The molecule has 1 aliphatic rings. The fraction of sp³-hybridized carbons (Fsp3) is 0.632. The Morgan fingerprint density at radius 3 is 2.58 bits per heavy atom. The number of benzene rings is 1. The molecule has 1 aromatic rings. The molecule has 1 saturated heterocycles. The van der Waals surface area contributed by atoms with E-state index in [-0.39, 0.29) is 43.7 Å². The van der Waals surface area contributed by atoms with Gasteiger partial charge in [-0.05, 0) is 0 Å². The van der Waals surface area contributed by atoms with E-state index in [0.717, 1.165) is 35.5 Å². The first-order chi connectivity index (χ1) is 12.2. The first-order valence-corrected chi connectivity index (χ1v) is 11.2. The van der Waals surface area contributed by atoms with Crippen LogP contribution >= 0.6 is 0 Å². The fourth-order valence-corrected chi connectivity index (χ4v) is 5.55. The van der Waals surface area contributed by atoms with Crippen molar-refractivity contribution in [2.24, 2.45) is 0 Å². The van der Waals surface area contributed by atoms with Crippen molar-refractivity contribution >= 4 is 31.2 Å². The van der Waals surface area contributed by atoms with Crippen LogP contribution in [0.25, 0.3) is 0 Å². The summed E-state index contributed by atoms with van der Waals surface area (Å²) in [5.41, 5.74) is -0.300. The number of likely N-dealkylation sites (tertiary alicyclic amines) is 1. The second-order valence-electron chi connectivity index (χ2n) is 7.54. The van der Waals surface area contributed by atoms with Crippen LogP contribution in [0.5, 0.6) is 0 Å². The standard InChI is InChI=1S/C19H28N2O4Se/c1-5-14-10-11-15(20(14)18(22)25-19(2,3)4)12-13-26-17-9-7-6-8-16(17)21(23)24/h6-9,14-15H,5,10-13H2,1-4H3/t14-,15?/m1/s1. The summed E-state index contributed by atoms with van der Waals surface area (Å²) in [5, 5.41) is 12.0. The Balaban J connectivity index is 1.99. The number of hydrogen-bond acceptors (Lipinski definition) is 4. The summed E-state index contributed by atoms with van der Waals surface area (Å²) >= 11 is 0.0214. The van der Waals surface area contributed by atoms with Crippen molar-refractivity contribution in [2.75, 3.05) is 0 Å². The zero-order valence-electron chi connectivity index (χ0n) is 15.9. The molecule has 1 amide bonds. The molecule has 0 saturated carbocycles. The van der Waals surface area contributed by atoms with Gasteiger partial charge in [-0.25, -0.2) is 0 Å². The molecule has 0 N–H and O–H groups in total. The zero-order chi connectivity index (χ0) is 19.3. The average Bonchev–Trinajstić information content (AvgIpc) is 2.96. The van der Waals surface area contributed by atoms with E-state index < -0.39 is 5.60 Å². The number of ether oxygens (including phenoxy) is 1. The molecule has 0 radical (unpaired) electrons. The number of hydrogen-bond donors (Lipinski definition) is 0. The van der Waals surface area contributed by atoms with Gasteiger partial charge in [-0.1, -0.05) is 0 Å². The molecule has 1 heterocycles. The van der Waals surface area contributed by atoms with Crippen LogP contribution in [0, 0.1) is 10.1 Å². The average molecular weight is 427 g/mol. The summed E-state index contributed by atoms with van der Waals surface area (Å²) in [5.74, 6) is 0. The minimum absolute atomic E-state index is 0.0214. The summed E-state index contributed by atoms with van der Waals surface area (Å²) < 4.78 is 6.42. The summed E-state index contributed by atoms with van der Waals surface area (Å²) in [6.07, 6.45) is 3.53. The van der Waals surface area contributed by atoms with Crippen LogP contribution in [0.4, 0.5) is 10.5 Å². The van der Waals surface area contributed by atoms with Gasteiger partial charge in [0.15, 0.2) is 0 Å². The maximum absolute atomic E-state index is 12.6. The second kappa shape index (κ2) is 8.87. The molecule has 26 heavy (non-hydrogen) atoms. The third kappa shape index (κ3) is 5.45. The Hall–Kier alpha value is -1.59. The van der Waals surface area contributed by atoms with Gasteiger partial charge in [0.1, 0.15) is 0 Å². The van der Waals surface area contributed by atoms with Gasteiger partial charge in [0.05, 0.1) is 0 Å². The van der Waals surface area contributed by atoms with Crippen molar-refractivity contribution in [3.05, 3.63) is 34.4 Å². The number of nitrogens with zero attached hydrogens (tertiary/aromatic N) is 2. The van der Waals surface area contributed by atoms with Crippen LogP contribution in [-0.4, -0.2) is 48.6 Å². The predicted octanol–water partition coefficient (Wildman–Crippen LogP) is 3.91. The molecule has 2 rings (SSSR count). The summed E-state index contributed by atoms with van der Waals surface area (Å²) in [6, 6.07) is 7.35. The van der Waals surface area contributed by atoms with E-state index >= 15 is 0 Å². The van der Waals surface area contributed by atoms with E-state index in [1.165, 1.54) is 0 Å². The van der Waals surface area contributed by atoms with Gasteiger partial charge in [-0.2, -0.15) is 0 Å². The van der Waals surface area contributed by atoms with Gasteiger partial charge in [0, 0.05) is 0 Å².